The summed E-state index contributed by atoms with van der Waals surface area (Å²) in [6.07, 6.45) is 6.69. The first-order chi connectivity index (χ1) is 20.2. The largest absolute Gasteiger partial charge is 0.350 e. The number of piperazine rings is 1. The third-order valence-electron chi connectivity index (χ3n) is 8.26. The molecule has 230 valence electrons. The SMILES string of the molecule is C=C(CN1CCN(C)CC1)C(=O)NC[C@@H](NC(=O)[C@H](Cc1nc2ccc(Cl)cc2s1)NC(=O)CCC)C1CCCCC1. The fourth-order valence-corrected chi connectivity index (χ4v) is 7.03. The summed E-state index contributed by atoms with van der Waals surface area (Å²) < 4.78 is 0.941. The summed E-state index contributed by atoms with van der Waals surface area (Å²) in [5.74, 6) is -0.335. The molecule has 1 aromatic carbocycles. The van der Waals surface area contributed by atoms with Crippen LogP contribution in [0.1, 0.15) is 56.9 Å². The van der Waals surface area contributed by atoms with Gasteiger partial charge in [0.15, 0.2) is 0 Å². The summed E-state index contributed by atoms with van der Waals surface area (Å²) in [7, 11) is 2.10. The van der Waals surface area contributed by atoms with Gasteiger partial charge in [0, 0.05) is 68.7 Å². The van der Waals surface area contributed by atoms with Crippen LogP contribution in [-0.4, -0.2) is 90.9 Å². The van der Waals surface area contributed by atoms with Crippen molar-refractivity contribution in [1.82, 2.24) is 30.7 Å². The van der Waals surface area contributed by atoms with E-state index in [1.165, 1.54) is 17.8 Å². The van der Waals surface area contributed by atoms with Gasteiger partial charge in [-0.25, -0.2) is 4.98 Å². The lowest BCUT2D eigenvalue weighted by atomic mass is 9.83. The van der Waals surface area contributed by atoms with E-state index < -0.39 is 6.04 Å². The van der Waals surface area contributed by atoms with Crippen molar-refractivity contribution in [2.75, 3.05) is 46.3 Å². The normalized spacial score (nSPS) is 18.4. The van der Waals surface area contributed by atoms with Gasteiger partial charge in [0.05, 0.1) is 15.2 Å². The monoisotopic (exact) mass is 616 g/mol. The van der Waals surface area contributed by atoms with Gasteiger partial charge in [-0.05, 0) is 50.4 Å². The average Bonchev–Trinajstić information content (AvgIpc) is 3.37. The number of thiazole rings is 1. The molecule has 1 aliphatic carbocycles. The Labute approximate surface area is 258 Å². The number of hydrogen-bond donors (Lipinski definition) is 3. The number of carbonyl (C=O) groups is 3. The molecule has 4 rings (SSSR count). The maximum Gasteiger partial charge on any atom is 0.247 e. The fourth-order valence-electron chi connectivity index (χ4n) is 5.74. The molecule has 3 N–H and O–H groups in total. The molecule has 0 bridgehead atoms. The molecule has 0 radical (unpaired) electrons. The quantitative estimate of drug-likeness (QED) is 0.296. The molecule has 0 spiro atoms. The maximum absolute atomic E-state index is 13.8. The van der Waals surface area contributed by atoms with E-state index in [1.54, 1.807) is 6.07 Å². The van der Waals surface area contributed by atoms with Gasteiger partial charge >= 0.3 is 0 Å². The van der Waals surface area contributed by atoms with Crippen LogP contribution < -0.4 is 16.0 Å². The van der Waals surface area contributed by atoms with Gasteiger partial charge in [-0.1, -0.05) is 44.4 Å². The summed E-state index contributed by atoms with van der Waals surface area (Å²) in [6, 6.07) is 4.51. The van der Waals surface area contributed by atoms with Crippen LogP contribution in [0.4, 0.5) is 0 Å². The third-order valence-corrected chi connectivity index (χ3v) is 9.54. The molecule has 1 aromatic heterocycles. The summed E-state index contributed by atoms with van der Waals surface area (Å²) >= 11 is 7.64. The molecular formula is C31H45ClN6O3S. The Hall–Kier alpha value is -2.53. The summed E-state index contributed by atoms with van der Waals surface area (Å²) in [6.45, 7) is 10.6. The molecule has 1 aliphatic heterocycles. The van der Waals surface area contributed by atoms with Crippen molar-refractivity contribution < 1.29 is 14.4 Å². The van der Waals surface area contributed by atoms with Crippen LogP contribution in [0.3, 0.4) is 0 Å². The highest BCUT2D eigenvalue weighted by molar-refractivity contribution is 7.18. The van der Waals surface area contributed by atoms with E-state index in [9.17, 15) is 14.4 Å². The van der Waals surface area contributed by atoms with Crippen LogP contribution in [-0.2, 0) is 20.8 Å². The molecule has 1 saturated carbocycles. The minimum absolute atomic E-state index is 0.162. The first-order valence-corrected chi connectivity index (χ1v) is 16.4. The fraction of sp³-hybridized carbons (Fsp3) is 0.613. The van der Waals surface area contributed by atoms with Gasteiger partial charge < -0.3 is 20.9 Å². The first kappa shape index (κ1) is 32.4. The first-order valence-electron chi connectivity index (χ1n) is 15.2. The molecule has 9 nitrogen and oxygen atoms in total. The Morgan fingerprint density at radius 1 is 1.12 bits per heavy atom. The standard InChI is InChI=1S/C31H45ClN6O3S/c1-4-8-28(39)34-25(18-29-35-24-12-11-23(32)17-27(24)42-29)31(41)36-26(22-9-6-5-7-10-22)19-33-30(40)21(2)20-38-15-13-37(3)14-16-38/h11-12,17,22,25-26H,2,4-10,13-16,18-20H2,1,3H3,(H,33,40)(H,34,39)(H,36,41)/t25-,26+/m0/s1. The zero-order valence-corrected chi connectivity index (χ0v) is 26.5. The van der Waals surface area contributed by atoms with E-state index in [-0.39, 0.29) is 36.1 Å². The second-order valence-corrected chi connectivity index (χ2v) is 13.3. The molecule has 2 aliphatic rings. The van der Waals surface area contributed by atoms with E-state index in [0.717, 1.165) is 67.1 Å². The highest BCUT2D eigenvalue weighted by Crippen LogP contribution is 2.28. The summed E-state index contributed by atoms with van der Waals surface area (Å²) in [5, 5.41) is 10.6. The third kappa shape index (κ3) is 9.49. The number of rotatable bonds is 13. The van der Waals surface area contributed by atoms with E-state index >= 15 is 0 Å². The second-order valence-electron chi connectivity index (χ2n) is 11.7. The number of halogens is 1. The van der Waals surface area contributed by atoms with E-state index in [2.05, 4.69) is 44.4 Å². The molecule has 1 saturated heterocycles. The van der Waals surface area contributed by atoms with Crippen LogP contribution in [0, 0.1) is 5.92 Å². The lowest BCUT2D eigenvalue weighted by Crippen LogP contribution is -2.55. The van der Waals surface area contributed by atoms with Crippen molar-refractivity contribution >= 4 is 50.9 Å². The minimum atomic E-state index is -0.769. The number of fused-ring (bicyclic) bond motifs is 1. The summed E-state index contributed by atoms with van der Waals surface area (Å²) in [4.78, 5) is 48.6. The van der Waals surface area contributed by atoms with Crippen LogP contribution in [0.5, 0.6) is 0 Å². The van der Waals surface area contributed by atoms with Crippen molar-refractivity contribution in [3.63, 3.8) is 0 Å². The van der Waals surface area contributed by atoms with E-state index in [1.807, 2.05) is 19.1 Å². The van der Waals surface area contributed by atoms with Crippen molar-refractivity contribution in [2.24, 2.45) is 5.92 Å². The van der Waals surface area contributed by atoms with Crippen molar-refractivity contribution in [1.29, 1.82) is 0 Å². The Balaban J connectivity index is 1.42. The van der Waals surface area contributed by atoms with E-state index in [0.29, 0.717) is 36.5 Å². The van der Waals surface area contributed by atoms with Crippen LogP contribution in [0.2, 0.25) is 5.02 Å². The summed E-state index contributed by atoms with van der Waals surface area (Å²) in [5.41, 5.74) is 1.35. The lowest BCUT2D eigenvalue weighted by molar-refractivity contribution is -0.129. The molecular weight excluding hydrogens is 572 g/mol. The maximum atomic E-state index is 13.8. The second kappa shape index (κ2) is 15.8. The predicted octanol–water partition coefficient (Wildman–Crippen LogP) is 3.76. The Kier molecular flexibility index (Phi) is 12.2. The van der Waals surface area contributed by atoms with Gasteiger partial charge in [0.2, 0.25) is 17.7 Å². The van der Waals surface area contributed by atoms with Gasteiger partial charge in [-0.2, -0.15) is 0 Å². The van der Waals surface area contributed by atoms with Crippen molar-refractivity contribution in [3.8, 4) is 0 Å². The Morgan fingerprint density at radius 2 is 1.86 bits per heavy atom. The van der Waals surface area contributed by atoms with Crippen LogP contribution >= 0.6 is 22.9 Å². The van der Waals surface area contributed by atoms with Crippen molar-refractivity contribution in [2.45, 2.75) is 70.4 Å². The molecule has 3 amide bonds. The van der Waals surface area contributed by atoms with Crippen LogP contribution in [0.15, 0.2) is 30.4 Å². The van der Waals surface area contributed by atoms with Crippen LogP contribution in [0.25, 0.3) is 10.2 Å². The number of likely N-dealkylation sites (N-methyl/N-ethyl adjacent to an activating group) is 1. The number of carbonyl (C=O) groups excluding carboxylic acids is 3. The Morgan fingerprint density at radius 3 is 2.57 bits per heavy atom. The number of hydrogen-bond acceptors (Lipinski definition) is 7. The molecule has 2 heterocycles. The average molecular weight is 617 g/mol. The van der Waals surface area contributed by atoms with E-state index in [4.69, 9.17) is 11.6 Å². The van der Waals surface area contributed by atoms with Gasteiger partial charge in [-0.15, -0.1) is 11.3 Å². The molecule has 42 heavy (non-hydrogen) atoms. The predicted molar refractivity (Wildman–Crippen MR) is 170 cm³/mol. The van der Waals surface area contributed by atoms with Crippen molar-refractivity contribution in [3.05, 3.63) is 40.4 Å². The van der Waals surface area contributed by atoms with Gasteiger partial charge in [0.25, 0.3) is 0 Å². The zero-order chi connectivity index (χ0) is 30.1. The number of benzene rings is 1. The smallest absolute Gasteiger partial charge is 0.247 e. The minimum Gasteiger partial charge on any atom is -0.350 e. The Bertz CT molecular complexity index is 1240. The highest BCUT2D eigenvalue weighted by Gasteiger charge is 2.30. The molecule has 2 aromatic rings. The molecule has 2 fully saturated rings. The number of nitrogens with zero attached hydrogens (tertiary/aromatic N) is 3. The molecule has 11 heteroatoms. The number of amides is 3. The zero-order valence-electron chi connectivity index (χ0n) is 24.9. The lowest BCUT2D eigenvalue weighted by Gasteiger charge is -2.33. The number of aromatic nitrogens is 1. The number of nitrogens with one attached hydrogen (secondary N) is 3. The molecule has 2 atom stereocenters. The van der Waals surface area contributed by atoms with Gasteiger partial charge in [-0.3, -0.25) is 19.3 Å². The molecule has 0 unspecified atom stereocenters. The topological polar surface area (TPSA) is 107 Å². The van der Waals surface area contributed by atoms with Gasteiger partial charge in [0.1, 0.15) is 6.04 Å². The highest BCUT2D eigenvalue weighted by atomic mass is 35.5.